The van der Waals surface area contributed by atoms with E-state index < -0.39 is 10.0 Å². The first kappa shape index (κ1) is 22.7. The fourth-order valence-corrected chi connectivity index (χ4v) is 5.00. The minimum Gasteiger partial charge on any atom is -0.487 e. The number of carbonyl (C=O) groups is 1. The number of ether oxygens (including phenoxy) is 1. The molecule has 2 aromatic carbocycles. The molecule has 0 atom stereocenters. The van der Waals surface area contributed by atoms with Gasteiger partial charge in [-0.1, -0.05) is 12.1 Å². The molecule has 2 aliphatic rings. The second kappa shape index (κ2) is 9.56. The number of rotatable bonds is 5. The third-order valence-corrected chi connectivity index (χ3v) is 7.23. The van der Waals surface area contributed by atoms with Crippen LogP contribution < -0.4 is 9.88 Å². The van der Waals surface area contributed by atoms with E-state index in [1.807, 2.05) is 4.90 Å². The van der Waals surface area contributed by atoms with E-state index >= 15 is 0 Å². The summed E-state index contributed by atoms with van der Waals surface area (Å²) in [6.07, 6.45) is 3.50. The summed E-state index contributed by atoms with van der Waals surface area (Å²) in [5.41, 5.74) is 0.460. The van der Waals surface area contributed by atoms with Crippen molar-refractivity contribution in [3.8, 4) is 5.75 Å². The molecule has 2 heterocycles. The molecule has 0 saturated carbocycles. The quantitative estimate of drug-likeness (QED) is 0.739. The molecule has 2 aliphatic heterocycles. The molecule has 4 rings (SSSR count). The van der Waals surface area contributed by atoms with Gasteiger partial charge in [-0.25, -0.2) is 17.9 Å². The summed E-state index contributed by atoms with van der Waals surface area (Å²) in [6, 6.07) is 12.7. The van der Waals surface area contributed by atoms with Gasteiger partial charge in [0.05, 0.1) is 4.90 Å². The lowest BCUT2D eigenvalue weighted by Gasteiger charge is -2.41. The van der Waals surface area contributed by atoms with Crippen molar-refractivity contribution in [1.29, 1.82) is 0 Å². The highest BCUT2D eigenvalue weighted by atomic mass is 32.2. The van der Waals surface area contributed by atoms with Gasteiger partial charge in [0.15, 0.2) is 11.6 Å². The minimum atomic E-state index is -3.77. The molecule has 2 fully saturated rings. The SMILES string of the molecule is NS(=O)(=O)c1ccc(C(=O)N2CCC(N3CCC(Oc4ccccc4F)CC3)CC2)cc1. The Morgan fingerprint density at radius 3 is 2.16 bits per heavy atom. The van der Waals surface area contributed by atoms with Crippen molar-refractivity contribution < 1.29 is 22.3 Å². The van der Waals surface area contributed by atoms with Crippen LogP contribution in [0.25, 0.3) is 0 Å². The van der Waals surface area contributed by atoms with Crippen LogP contribution in [-0.2, 0) is 10.0 Å². The van der Waals surface area contributed by atoms with Gasteiger partial charge >= 0.3 is 0 Å². The summed E-state index contributed by atoms with van der Waals surface area (Å²) in [5.74, 6) is -0.109. The number of nitrogens with two attached hydrogens (primary N) is 1. The molecule has 9 heteroatoms. The second-order valence-electron chi connectivity index (χ2n) is 8.38. The number of carbonyl (C=O) groups excluding carboxylic acids is 1. The van der Waals surface area contributed by atoms with Gasteiger partial charge in [-0.05, 0) is 62.1 Å². The highest BCUT2D eigenvalue weighted by Gasteiger charge is 2.30. The predicted octanol–water partition coefficient (Wildman–Crippen LogP) is 2.62. The first-order chi connectivity index (χ1) is 15.3. The Morgan fingerprint density at radius 1 is 0.938 bits per heavy atom. The van der Waals surface area contributed by atoms with Gasteiger partial charge in [-0.2, -0.15) is 0 Å². The summed E-state index contributed by atoms with van der Waals surface area (Å²) in [7, 11) is -3.77. The lowest BCUT2D eigenvalue weighted by molar-refractivity contribution is 0.0416. The Hall–Kier alpha value is -2.49. The fourth-order valence-electron chi connectivity index (χ4n) is 4.48. The molecule has 2 saturated heterocycles. The average molecular weight is 462 g/mol. The van der Waals surface area contributed by atoms with Gasteiger partial charge in [0.1, 0.15) is 6.10 Å². The van der Waals surface area contributed by atoms with E-state index in [-0.39, 0.29) is 22.7 Å². The van der Waals surface area contributed by atoms with Crippen molar-refractivity contribution >= 4 is 15.9 Å². The maximum Gasteiger partial charge on any atom is 0.253 e. The van der Waals surface area contributed by atoms with Crippen molar-refractivity contribution in [3.63, 3.8) is 0 Å². The lowest BCUT2D eigenvalue weighted by atomic mass is 9.98. The summed E-state index contributed by atoms with van der Waals surface area (Å²) in [5, 5.41) is 5.11. The maximum absolute atomic E-state index is 13.8. The molecule has 0 aliphatic carbocycles. The number of piperidine rings is 2. The second-order valence-corrected chi connectivity index (χ2v) is 9.94. The van der Waals surface area contributed by atoms with Crippen LogP contribution in [0.3, 0.4) is 0 Å². The summed E-state index contributed by atoms with van der Waals surface area (Å²) >= 11 is 0. The van der Waals surface area contributed by atoms with E-state index in [0.29, 0.717) is 30.4 Å². The van der Waals surface area contributed by atoms with Crippen LogP contribution >= 0.6 is 0 Å². The molecular weight excluding hydrogens is 433 g/mol. The van der Waals surface area contributed by atoms with E-state index in [4.69, 9.17) is 9.88 Å². The molecule has 2 aromatic rings. The summed E-state index contributed by atoms with van der Waals surface area (Å²) in [6.45, 7) is 3.11. The van der Waals surface area contributed by atoms with Crippen molar-refractivity contribution in [3.05, 3.63) is 59.9 Å². The van der Waals surface area contributed by atoms with E-state index in [1.165, 1.54) is 30.3 Å². The van der Waals surface area contributed by atoms with Crippen LogP contribution in [0.2, 0.25) is 0 Å². The van der Waals surface area contributed by atoms with Crippen LogP contribution in [0, 0.1) is 5.82 Å². The number of halogens is 1. The zero-order valence-corrected chi connectivity index (χ0v) is 18.6. The Morgan fingerprint density at radius 2 is 1.56 bits per heavy atom. The molecule has 32 heavy (non-hydrogen) atoms. The van der Waals surface area contributed by atoms with Crippen molar-refractivity contribution in [2.45, 2.75) is 42.7 Å². The minimum absolute atomic E-state index is 0.00450. The van der Waals surface area contributed by atoms with Crippen molar-refractivity contribution in [2.24, 2.45) is 5.14 Å². The Bertz CT molecular complexity index is 1050. The number of para-hydroxylation sites is 1. The standard InChI is InChI=1S/C23H28FN3O4S/c24-21-3-1-2-4-22(21)31-19-11-15-26(16-12-19)18-9-13-27(14-10-18)23(28)17-5-7-20(8-6-17)32(25,29)30/h1-8,18-19H,9-16H2,(H2,25,29,30). The van der Waals surface area contributed by atoms with E-state index in [1.54, 1.807) is 18.2 Å². The molecule has 0 bridgehead atoms. The fraction of sp³-hybridized carbons (Fsp3) is 0.435. The molecule has 0 radical (unpaired) electrons. The van der Waals surface area contributed by atoms with Crippen molar-refractivity contribution in [2.75, 3.05) is 26.2 Å². The number of sulfonamides is 1. The van der Waals surface area contributed by atoms with Crippen LogP contribution in [0.4, 0.5) is 4.39 Å². The third kappa shape index (κ3) is 5.28. The lowest BCUT2D eigenvalue weighted by Crippen LogP contribution is -2.50. The summed E-state index contributed by atoms with van der Waals surface area (Å²) in [4.78, 5) is 17.0. The number of hydrogen-bond donors (Lipinski definition) is 1. The average Bonchev–Trinajstić information content (AvgIpc) is 2.80. The molecule has 2 N–H and O–H groups in total. The monoisotopic (exact) mass is 461 g/mol. The normalized spacial score (nSPS) is 19.1. The van der Waals surface area contributed by atoms with Crippen molar-refractivity contribution in [1.82, 2.24) is 9.80 Å². The number of nitrogens with zero attached hydrogens (tertiary/aromatic N) is 2. The number of amides is 1. The van der Waals surface area contributed by atoms with Gasteiger partial charge in [-0.3, -0.25) is 9.69 Å². The maximum atomic E-state index is 13.8. The third-order valence-electron chi connectivity index (χ3n) is 6.30. The predicted molar refractivity (Wildman–Crippen MR) is 118 cm³/mol. The molecular formula is C23H28FN3O4S. The molecule has 0 aromatic heterocycles. The van der Waals surface area contributed by atoms with Crippen LogP contribution in [0.5, 0.6) is 5.75 Å². The highest BCUT2D eigenvalue weighted by molar-refractivity contribution is 7.89. The van der Waals surface area contributed by atoms with Gasteiger partial charge in [-0.15, -0.1) is 0 Å². The molecule has 0 unspecified atom stereocenters. The van der Waals surface area contributed by atoms with Gasteiger partial charge in [0.2, 0.25) is 10.0 Å². The van der Waals surface area contributed by atoms with Crippen LogP contribution in [0.15, 0.2) is 53.4 Å². The van der Waals surface area contributed by atoms with Gasteiger partial charge < -0.3 is 9.64 Å². The number of hydrogen-bond acceptors (Lipinski definition) is 5. The van der Waals surface area contributed by atoms with E-state index in [0.717, 1.165) is 38.8 Å². The van der Waals surface area contributed by atoms with Crippen LogP contribution in [-0.4, -0.2) is 62.4 Å². The Balaban J connectivity index is 1.25. The molecule has 1 amide bonds. The van der Waals surface area contributed by atoms with E-state index in [9.17, 15) is 17.6 Å². The largest absolute Gasteiger partial charge is 0.487 e. The van der Waals surface area contributed by atoms with Crippen LogP contribution in [0.1, 0.15) is 36.0 Å². The summed E-state index contributed by atoms with van der Waals surface area (Å²) < 4.78 is 42.4. The zero-order chi connectivity index (χ0) is 22.7. The number of primary sulfonamides is 1. The first-order valence-electron chi connectivity index (χ1n) is 10.9. The Labute approximate surface area is 188 Å². The smallest absolute Gasteiger partial charge is 0.253 e. The Kier molecular flexibility index (Phi) is 6.78. The number of likely N-dealkylation sites (tertiary alicyclic amines) is 2. The highest BCUT2D eigenvalue weighted by Crippen LogP contribution is 2.25. The number of benzene rings is 2. The molecule has 7 nitrogen and oxygen atoms in total. The van der Waals surface area contributed by atoms with Gasteiger partial charge in [0, 0.05) is 37.8 Å². The zero-order valence-electron chi connectivity index (χ0n) is 17.8. The molecule has 172 valence electrons. The van der Waals surface area contributed by atoms with Gasteiger partial charge in [0.25, 0.3) is 5.91 Å². The van der Waals surface area contributed by atoms with E-state index in [2.05, 4.69) is 4.90 Å². The topological polar surface area (TPSA) is 92.9 Å². The first-order valence-corrected chi connectivity index (χ1v) is 12.4. The molecule has 0 spiro atoms.